The number of nitrogens with one attached hydrogen (secondary N) is 2. The molecule has 0 aromatic heterocycles. The van der Waals surface area contributed by atoms with Crippen LogP contribution in [-0.2, 0) is 11.3 Å². The normalized spacial score (nSPS) is 13.8. The predicted octanol–water partition coefficient (Wildman–Crippen LogP) is 3.27. The molecule has 0 aliphatic heterocycles. The zero-order valence-electron chi connectivity index (χ0n) is 16.6. The molecular weight excluding hydrogens is 357 g/mol. The molecule has 2 atom stereocenters. The summed E-state index contributed by atoms with van der Waals surface area (Å²) >= 11 is 0. The average Bonchev–Trinajstić information content (AvgIpc) is 2.71. The van der Waals surface area contributed by atoms with E-state index >= 15 is 0 Å². The monoisotopic (exact) mass is 387 g/mol. The van der Waals surface area contributed by atoms with Gasteiger partial charge < -0.3 is 20.5 Å². The van der Waals surface area contributed by atoms with Gasteiger partial charge in [-0.15, -0.1) is 0 Å². The third kappa shape index (κ3) is 8.06. The summed E-state index contributed by atoms with van der Waals surface area (Å²) < 4.78 is 18.7. The van der Waals surface area contributed by atoms with Crippen LogP contribution in [0.25, 0.3) is 0 Å². The van der Waals surface area contributed by atoms with Crippen LogP contribution in [0.4, 0.5) is 4.39 Å². The molecule has 0 saturated carbocycles. The van der Waals surface area contributed by atoms with Crippen molar-refractivity contribution in [2.75, 3.05) is 26.2 Å². The lowest BCUT2D eigenvalue weighted by atomic mass is 10.1. The van der Waals surface area contributed by atoms with Gasteiger partial charge in [0, 0.05) is 19.6 Å². The number of halogens is 1. The Morgan fingerprint density at radius 1 is 1.11 bits per heavy atom. The number of hydrogen-bond acceptors (Lipinski definition) is 3. The van der Waals surface area contributed by atoms with E-state index in [-0.39, 0.29) is 18.3 Å². The second-order valence-electron chi connectivity index (χ2n) is 6.77. The fraction of sp³-hybridized carbons (Fsp3) is 0.409. The Hall–Kier alpha value is -2.44. The van der Waals surface area contributed by atoms with E-state index in [2.05, 4.69) is 22.5 Å². The maximum Gasteiger partial charge on any atom is 0.191 e. The van der Waals surface area contributed by atoms with Crippen LogP contribution in [0, 0.1) is 11.7 Å². The van der Waals surface area contributed by atoms with Crippen LogP contribution >= 0.6 is 0 Å². The van der Waals surface area contributed by atoms with Gasteiger partial charge in [0.1, 0.15) is 5.82 Å². The second kappa shape index (κ2) is 12.1. The molecule has 0 spiro atoms. The number of hydrogen-bond donors (Lipinski definition) is 3. The standard InChI is InChI=1S/C22H30FN3O2/c1-3-24-22(26-14-21(27)19-9-11-20(23)12-10-19)25-13-17(2)15-28-16-18-7-5-4-6-8-18/h4-12,17,21,27H,3,13-16H2,1-2H3,(H2,24,25,26). The van der Waals surface area contributed by atoms with Gasteiger partial charge in [-0.1, -0.05) is 49.4 Å². The summed E-state index contributed by atoms with van der Waals surface area (Å²) in [5, 5.41) is 16.5. The van der Waals surface area contributed by atoms with Crippen molar-refractivity contribution in [1.82, 2.24) is 10.6 Å². The first-order valence-corrected chi connectivity index (χ1v) is 9.65. The summed E-state index contributed by atoms with van der Waals surface area (Å²) in [6.07, 6.45) is -0.740. The SMILES string of the molecule is CCNC(=NCC(C)COCc1ccccc1)NCC(O)c1ccc(F)cc1. The molecular formula is C22H30FN3O2. The van der Waals surface area contributed by atoms with E-state index in [4.69, 9.17) is 4.74 Å². The average molecular weight is 387 g/mol. The highest BCUT2D eigenvalue weighted by atomic mass is 19.1. The molecule has 0 aliphatic carbocycles. The van der Waals surface area contributed by atoms with Gasteiger partial charge in [-0.25, -0.2) is 4.39 Å². The number of benzene rings is 2. The molecule has 0 fully saturated rings. The first-order chi connectivity index (χ1) is 13.6. The van der Waals surface area contributed by atoms with Gasteiger partial charge in [0.25, 0.3) is 0 Å². The lowest BCUT2D eigenvalue weighted by molar-refractivity contribution is 0.0944. The largest absolute Gasteiger partial charge is 0.387 e. The Labute approximate surface area is 166 Å². The minimum atomic E-state index is -0.740. The molecule has 5 nitrogen and oxygen atoms in total. The summed E-state index contributed by atoms with van der Waals surface area (Å²) in [4.78, 5) is 4.56. The Balaban J connectivity index is 1.76. The summed E-state index contributed by atoms with van der Waals surface area (Å²) in [5.41, 5.74) is 1.82. The van der Waals surface area contributed by atoms with Crippen molar-refractivity contribution in [1.29, 1.82) is 0 Å². The zero-order valence-corrected chi connectivity index (χ0v) is 16.6. The smallest absolute Gasteiger partial charge is 0.191 e. The number of ether oxygens (including phenoxy) is 1. The van der Waals surface area contributed by atoms with Crippen LogP contribution in [0.15, 0.2) is 59.6 Å². The third-order valence-corrected chi connectivity index (χ3v) is 4.14. The molecule has 6 heteroatoms. The van der Waals surface area contributed by atoms with Crippen LogP contribution in [0.5, 0.6) is 0 Å². The minimum Gasteiger partial charge on any atom is -0.387 e. The third-order valence-electron chi connectivity index (χ3n) is 4.14. The summed E-state index contributed by atoms with van der Waals surface area (Å²) in [6.45, 7) is 6.91. The Bertz CT molecular complexity index is 707. The molecule has 0 radical (unpaired) electrons. The predicted molar refractivity (Wildman–Crippen MR) is 111 cm³/mol. The van der Waals surface area contributed by atoms with E-state index in [1.807, 2.05) is 37.3 Å². The number of aliphatic imine (C=N–C) groups is 1. The molecule has 2 aromatic rings. The number of aliphatic hydroxyl groups is 1. The summed E-state index contributed by atoms with van der Waals surface area (Å²) in [6, 6.07) is 15.9. The first-order valence-electron chi connectivity index (χ1n) is 9.65. The number of nitrogens with zero attached hydrogens (tertiary/aromatic N) is 1. The Kier molecular flexibility index (Phi) is 9.45. The topological polar surface area (TPSA) is 65.9 Å². The van der Waals surface area contributed by atoms with E-state index in [0.717, 1.165) is 12.1 Å². The van der Waals surface area contributed by atoms with Crippen molar-refractivity contribution in [3.8, 4) is 0 Å². The fourth-order valence-corrected chi connectivity index (χ4v) is 2.59. The summed E-state index contributed by atoms with van der Waals surface area (Å²) in [7, 11) is 0. The van der Waals surface area contributed by atoms with Crippen LogP contribution in [0.1, 0.15) is 31.1 Å². The van der Waals surface area contributed by atoms with E-state index in [1.54, 1.807) is 12.1 Å². The maximum absolute atomic E-state index is 13.0. The van der Waals surface area contributed by atoms with Crippen LogP contribution < -0.4 is 10.6 Å². The van der Waals surface area contributed by atoms with Crippen LogP contribution in [0.3, 0.4) is 0 Å². The fourth-order valence-electron chi connectivity index (χ4n) is 2.59. The van der Waals surface area contributed by atoms with Crippen molar-refractivity contribution in [3.05, 3.63) is 71.5 Å². The van der Waals surface area contributed by atoms with Gasteiger partial charge in [-0.05, 0) is 36.1 Å². The maximum atomic E-state index is 13.0. The molecule has 28 heavy (non-hydrogen) atoms. The van der Waals surface area contributed by atoms with Crippen molar-refractivity contribution in [3.63, 3.8) is 0 Å². The van der Waals surface area contributed by atoms with E-state index in [0.29, 0.717) is 31.3 Å². The second-order valence-corrected chi connectivity index (χ2v) is 6.77. The van der Waals surface area contributed by atoms with Crippen molar-refractivity contribution in [2.24, 2.45) is 10.9 Å². The molecule has 0 saturated heterocycles. The number of rotatable bonds is 10. The van der Waals surface area contributed by atoms with Gasteiger partial charge in [0.05, 0.1) is 19.3 Å². The highest BCUT2D eigenvalue weighted by molar-refractivity contribution is 5.79. The Morgan fingerprint density at radius 3 is 2.50 bits per heavy atom. The molecule has 2 rings (SSSR count). The van der Waals surface area contributed by atoms with E-state index in [9.17, 15) is 9.50 Å². The van der Waals surface area contributed by atoms with Crippen molar-refractivity contribution < 1.29 is 14.2 Å². The highest BCUT2D eigenvalue weighted by Gasteiger charge is 2.09. The number of guanidine groups is 1. The molecule has 0 amide bonds. The van der Waals surface area contributed by atoms with Crippen LogP contribution in [0.2, 0.25) is 0 Å². The van der Waals surface area contributed by atoms with Gasteiger partial charge in [-0.3, -0.25) is 4.99 Å². The molecule has 2 aromatic carbocycles. The molecule has 0 aliphatic rings. The van der Waals surface area contributed by atoms with Crippen molar-refractivity contribution >= 4 is 5.96 Å². The Morgan fingerprint density at radius 2 is 1.82 bits per heavy atom. The van der Waals surface area contributed by atoms with E-state index < -0.39 is 6.10 Å². The lowest BCUT2D eigenvalue weighted by Crippen LogP contribution is -2.39. The molecule has 2 unspecified atom stereocenters. The van der Waals surface area contributed by atoms with Gasteiger partial charge in [0.15, 0.2) is 5.96 Å². The zero-order chi connectivity index (χ0) is 20.2. The number of aliphatic hydroxyl groups excluding tert-OH is 1. The van der Waals surface area contributed by atoms with E-state index in [1.165, 1.54) is 12.1 Å². The molecule has 0 heterocycles. The first kappa shape index (κ1) is 21.9. The lowest BCUT2D eigenvalue weighted by Gasteiger charge is -2.16. The summed E-state index contributed by atoms with van der Waals surface area (Å²) in [5.74, 6) is 0.585. The van der Waals surface area contributed by atoms with Gasteiger partial charge >= 0.3 is 0 Å². The molecule has 152 valence electrons. The minimum absolute atomic E-state index is 0.265. The van der Waals surface area contributed by atoms with Gasteiger partial charge in [0.2, 0.25) is 0 Å². The van der Waals surface area contributed by atoms with Crippen LogP contribution in [-0.4, -0.2) is 37.3 Å². The van der Waals surface area contributed by atoms with Crippen molar-refractivity contribution in [2.45, 2.75) is 26.6 Å². The van der Waals surface area contributed by atoms with Gasteiger partial charge in [-0.2, -0.15) is 0 Å². The molecule has 0 bridgehead atoms. The molecule has 3 N–H and O–H groups in total. The quantitative estimate of drug-likeness (QED) is 0.432. The highest BCUT2D eigenvalue weighted by Crippen LogP contribution is 2.12.